The summed E-state index contributed by atoms with van der Waals surface area (Å²) in [5.74, 6) is 0. The molecule has 3 nitrogen and oxygen atoms in total. The van der Waals surface area contributed by atoms with Crippen LogP contribution in [0.4, 0.5) is 0 Å². The summed E-state index contributed by atoms with van der Waals surface area (Å²) >= 11 is 0. The van der Waals surface area contributed by atoms with Gasteiger partial charge in [-0.3, -0.25) is 0 Å². The van der Waals surface area contributed by atoms with Crippen molar-refractivity contribution < 1.29 is 5.11 Å². The fraction of sp³-hybridized carbons (Fsp3) is 1.00. The van der Waals surface area contributed by atoms with Gasteiger partial charge in [0.2, 0.25) is 0 Å². The minimum Gasteiger partial charge on any atom is -0.394 e. The summed E-state index contributed by atoms with van der Waals surface area (Å²) in [6.45, 7) is 9.58. The van der Waals surface area contributed by atoms with Crippen molar-refractivity contribution in [3.8, 4) is 0 Å². The maximum absolute atomic E-state index is 9.94. The average Bonchev–Trinajstić information content (AvgIpc) is 3.20. The highest BCUT2D eigenvalue weighted by Crippen LogP contribution is 2.36. The fourth-order valence-corrected chi connectivity index (χ4v) is 3.59. The molecule has 2 aliphatic carbocycles. The molecule has 0 amide bonds. The van der Waals surface area contributed by atoms with E-state index >= 15 is 0 Å². The molecule has 0 aromatic rings. The van der Waals surface area contributed by atoms with E-state index in [-0.39, 0.29) is 12.1 Å². The van der Waals surface area contributed by atoms with Crippen molar-refractivity contribution >= 4 is 0 Å². The zero-order chi connectivity index (χ0) is 15.0. The molecule has 20 heavy (non-hydrogen) atoms. The van der Waals surface area contributed by atoms with Crippen LogP contribution in [-0.2, 0) is 0 Å². The Morgan fingerprint density at radius 1 is 1.30 bits per heavy atom. The largest absolute Gasteiger partial charge is 0.394 e. The van der Waals surface area contributed by atoms with Gasteiger partial charge in [-0.05, 0) is 57.9 Å². The second kappa shape index (κ2) is 5.94. The molecule has 3 heteroatoms. The first-order valence-electron chi connectivity index (χ1n) is 8.38. The van der Waals surface area contributed by atoms with Gasteiger partial charge in [0.05, 0.1) is 6.61 Å². The lowest BCUT2D eigenvalue weighted by atomic mass is 9.77. The number of hydrogen-bond donors (Lipinski definition) is 2. The van der Waals surface area contributed by atoms with Crippen molar-refractivity contribution in [1.29, 1.82) is 0 Å². The Balaban J connectivity index is 2.01. The van der Waals surface area contributed by atoms with Gasteiger partial charge in [0.15, 0.2) is 0 Å². The van der Waals surface area contributed by atoms with E-state index in [1.165, 1.54) is 25.7 Å². The molecule has 2 N–H and O–H groups in total. The van der Waals surface area contributed by atoms with Gasteiger partial charge in [-0.15, -0.1) is 0 Å². The molecule has 3 unspecified atom stereocenters. The Bertz CT molecular complexity index is 321. The molecular formula is C17H34N2O. The molecule has 0 heterocycles. The summed E-state index contributed by atoms with van der Waals surface area (Å²) in [6, 6.07) is 1.82. The summed E-state index contributed by atoms with van der Waals surface area (Å²) in [5, 5.41) is 13.7. The van der Waals surface area contributed by atoms with Crippen LogP contribution in [-0.4, -0.2) is 47.3 Å². The molecular weight excluding hydrogens is 248 g/mol. The Morgan fingerprint density at radius 2 is 1.95 bits per heavy atom. The summed E-state index contributed by atoms with van der Waals surface area (Å²) in [5.41, 5.74) is 0.286. The van der Waals surface area contributed by atoms with Crippen LogP contribution in [0.15, 0.2) is 0 Å². The lowest BCUT2D eigenvalue weighted by Crippen LogP contribution is -2.58. The zero-order valence-corrected chi connectivity index (χ0v) is 14.1. The van der Waals surface area contributed by atoms with E-state index in [0.717, 1.165) is 12.8 Å². The van der Waals surface area contributed by atoms with E-state index in [9.17, 15) is 5.11 Å². The van der Waals surface area contributed by atoms with Crippen LogP contribution >= 0.6 is 0 Å². The van der Waals surface area contributed by atoms with E-state index in [4.69, 9.17) is 0 Å². The molecule has 2 fully saturated rings. The molecule has 118 valence electrons. The van der Waals surface area contributed by atoms with Crippen molar-refractivity contribution in [2.24, 2.45) is 5.41 Å². The summed E-state index contributed by atoms with van der Waals surface area (Å²) in [7, 11) is 2.27. The topological polar surface area (TPSA) is 35.5 Å². The van der Waals surface area contributed by atoms with Crippen molar-refractivity contribution in [2.75, 3.05) is 13.7 Å². The number of nitrogens with zero attached hydrogens (tertiary/aromatic N) is 1. The van der Waals surface area contributed by atoms with Crippen molar-refractivity contribution in [1.82, 2.24) is 10.2 Å². The van der Waals surface area contributed by atoms with Gasteiger partial charge in [0, 0.05) is 23.7 Å². The minimum absolute atomic E-state index is 0.0179. The van der Waals surface area contributed by atoms with Crippen LogP contribution < -0.4 is 5.32 Å². The number of nitrogens with one attached hydrogen (secondary N) is 1. The van der Waals surface area contributed by atoms with Gasteiger partial charge >= 0.3 is 0 Å². The Hall–Kier alpha value is -0.120. The van der Waals surface area contributed by atoms with Crippen LogP contribution in [0.1, 0.15) is 66.2 Å². The Labute approximate surface area is 125 Å². The third-order valence-electron chi connectivity index (χ3n) is 5.65. The number of rotatable bonds is 5. The SMILES string of the molecule is CC(N(C)C1CCCC(CO)(NC2CC2)C1)C(C)(C)C. The molecule has 0 aromatic carbocycles. The van der Waals surface area contributed by atoms with E-state index < -0.39 is 0 Å². The second-order valence-electron chi connectivity index (χ2n) is 8.31. The second-order valence-corrected chi connectivity index (χ2v) is 8.31. The molecule has 0 saturated heterocycles. The maximum Gasteiger partial charge on any atom is 0.0613 e. The Kier molecular flexibility index (Phi) is 4.83. The van der Waals surface area contributed by atoms with Crippen LogP contribution in [0.2, 0.25) is 0 Å². The van der Waals surface area contributed by atoms with Crippen LogP contribution in [0.3, 0.4) is 0 Å². The number of aliphatic hydroxyl groups excluding tert-OH is 1. The Morgan fingerprint density at radius 3 is 2.45 bits per heavy atom. The predicted molar refractivity (Wildman–Crippen MR) is 84.9 cm³/mol. The maximum atomic E-state index is 9.94. The summed E-state index contributed by atoms with van der Waals surface area (Å²) < 4.78 is 0. The van der Waals surface area contributed by atoms with Crippen LogP contribution in [0, 0.1) is 5.41 Å². The molecule has 0 radical (unpaired) electrons. The van der Waals surface area contributed by atoms with Crippen LogP contribution in [0.25, 0.3) is 0 Å². The molecule has 0 aromatic heterocycles. The van der Waals surface area contributed by atoms with E-state index in [0.29, 0.717) is 23.5 Å². The normalized spacial score (nSPS) is 33.5. The highest BCUT2D eigenvalue weighted by molar-refractivity contribution is 5.01. The van der Waals surface area contributed by atoms with Gasteiger partial charge < -0.3 is 15.3 Å². The number of hydrogen-bond acceptors (Lipinski definition) is 3. The smallest absolute Gasteiger partial charge is 0.0613 e. The van der Waals surface area contributed by atoms with Gasteiger partial charge in [0.25, 0.3) is 0 Å². The quantitative estimate of drug-likeness (QED) is 0.814. The first-order chi connectivity index (χ1) is 9.27. The third kappa shape index (κ3) is 3.75. The van der Waals surface area contributed by atoms with Gasteiger partial charge in [-0.2, -0.15) is 0 Å². The van der Waals surface area contributed by atoms with Gasteiger partial charge in [0.1, 0.15) is 0 Å². The number of aliphatic hydroxyl groups is 1. The first kappa shape index (κ1) is 16.3. The summed E-state index contributed by atoms with van der Waals surface area (Å²) in [4.78, 5) is 2.55. The molecule has 2 aliphatic rings. The molecule has 2 rings (SSSR count). The first-order valence-corrected chi connectivity index (χ1v) is 8.38. The lowest BCUT2D eigenvalue weighted by molar-refractivity contribution is 0.0287. The predicted octanol–water partition coefficient (Wildman–Crippen LogP) is 2.78. The van der Waals surface area contributed by atoms with Crippen molar-refractivity contribution in [2.45, 2.75) is 89.9 Å². The molecule has 2 saturated carbocycles. The summed E-state index contributed by atoms with van der Waals surface area (Å²) in [6.07, 6.45) is 7.31. The molecule has 3 atom stereocenters. The standard InChI is InChI=1S/C17H34N2O/c1-13(16(2,3)4)19(5)15-7-6-10-17(11-15,12-20)18-14-8-9-14/h13-15,18,20H,6-12H2,1-5H3. The minimum atomic E-state index is -0.0179. The highest BCUT2D eigenvalue weighted by Gasteiger charge is 2.42. The monoisotopic (exact) mass is 282 g/mol. The van der Waals surface area contributed by atoms with E-state index in [2.05, 4.69) is 45.0 Å². The van der Waals surface area contributed by atoms with Crippen molar-refractivity contribution in [3.63, 3.8) is 0 Å². The molecule has 0 bridgehead atoms. The molecule has 0 aliphatic heterocycles. The third-order valence-corrected chi connectivity index (χ3v) is 5.65. The lowest BCUT2D eigenvalue weighted by Gasteiger charge is -2.47. The fourth-order valence-electron chi connectivity index (χ4n) is 3.59. The van der Waals surface area contributed by atoms with Gasteiger partial charge in [-0.1, -0.05) is 20.8 Å². The average molecular weight is 282 g/mol. The van der Waals surface area contributed by atoms with E-state index in [1.54, 1.807) is 0 Å². The van der Waals surface area contributed by atoms with Crippen molar-refractivity contribution in [3.05, 3.63) is 0 Å². The molecule has 0 spiro atoms. The van der Waals surface area contributed by atoms with Gasteiger partial charge in [-0.25, -0.2) is 0 Å². The van der Waals surface area contributed by atoms with Crippen LogP contribution in [0.5, 0.6) is 0 Å². The van der Waals surface area contributed by atoms with E-state index in [1.807, 2.05) is 0 Å². The zero-order valence-electron chi connectivity index (χ0n) is 14.1. The highest BCUT2D eigenvalue weighted by atomic mass is 16.3.